The average Bonchev–Trinajstić information content (AvgIpc) is 2.28. The van der Waals surface area contributed by atoms with Crippen LogP contribution in [0.5, 0.6) is 0 Å². The van der Waals surface area contributed by atoms with Crippen molar-refractivity contribution in [2.45, 2.75) is 25.8 Å². The molecule has 0 heterocycles. The lowest BCUT2D eigenvalue weighted by Crippen LogP contribution is -2.14. The molecule has 0 aromatic heterocycles. The zero-order valence-electron chi connectivity index (χ0n) is 9.90. The van der Waals surface area contributed by atoms with E-state index < -0.39 is 9.84 Å². The quantitative estimate of drug-likeness (QED) is 0.786. The first kappa shape index (κ1) is 14.9. The first-order valence-corrected chi connectivity index (χ1v) is 8.56. The van der Waals surface area contributed by atoms with Crippen LogP contribution in [0.1, 0.15) is 31.4 Å². The molecular formula is C12H18INO2S. The molecule has 96 valence electrons. The summed E-state index contributed by atoms with van der Waals surface area (Å²) in [6.07, 6.45) is 1.34. The fourth-order valence-corrected chi connectivity index (χ4v) is 3.03. The molecule has 1 aromatic rings. The summed E-state index contributed by atoms with van der Waals surface area (Å²) < 4.78 is 23.8. The minimum Gasteiger partial charge on any atom is -0.324 e. The Morgan fingerprint density at radius 2 is 2.12 bits per heavy atom. The molecular weight excluding hydrogens is 349 g/mol. The second-order valence-electron chi connectivity index (χ2n) is 4.04. The number of nitrogens with two attached hydrogens (primary N) is 1. The van der Waals surface area contributed by atoms with Gasteiger partial charge in [-0.25, -0.2) is 8.42 Å². The van der Waals surface area contributed by atoms with Crippen molar-refractivity contribution in [3.63, 3.8) is 0 Å². The van der Waals surface area contributed by atoms with Gasteiger partial charge in [0.25, 0.3) is 0 Å². The van der Waals surface area contributed by atoms with Crippen molar-refractivity contribution in [2.24, 2.45) is 5.73 Å². The Bertz CT molecular complexity index is 459. The third-order valence-electron chi connectivity index (χ3n) is 2.69. The van der Waals surface area contributed by atoms with Gasteiger partial charge in [-0.05, 0) is 53.1 Å². The molecule has 0 radical (unpaired) electrons. The van der Waals surface area contributed by atoms with Crippen LogP contribution in [-0.2, 0) is 9.84 Å². The normalized spacial score (nSPS) is 13.6. The van der Waals surface area contributed by atoms with Gasteiger partial charge in [0.2, 0.25) is 0 Å². The summed E-state index contributed by atoms with van der Waals surface area (Å²) in [5, 5.41) is 0. The van der Waals surface area contributed by atoms with Gasteiger partial charge >= 0.3 is 0 Å². The molecule has 0 bridgehead atoms. The second-order valence-corrected chi connectivity index (χ2v) is 7.76. The van der Waals surface area contributed by atoms with Crippen LogP contribution in [0.2, 0.25) is 0 Å². The molecule has 3 nitrogen and oxygen atoms in total. The smallest absolute Gasteiger partial charge is 0.150 e. The van der Waals surface area contributed by atoms with E-state index >= 15 is 0 Å². The van der Waals surface area contributed by atoms with Gasteiger partial charge in [-0.15, -0.1) is 0 Å². The molecule has 1 unspecified atom stereocenters. The van der Waals surface area contributed by atoms with Gasteiger partial charge in [-0.1, -0.05) is 19.1 Å². The lowest BCUT2D eigenvalue weighted by molar-refractivity contribution is 0.584. The molecule has 0 saturated heterocycles. The molecule has 5 heteroatoms. The number of halogens is 1. The molecule has 0 fully saturated rings. The minimum atomic E-state index is -2.86. The maximum atomic E-state index is 11.3. The zero-order chi connectivity index (χ0) is 12.9. The van der Waals surface area contributed by atoms with Crippen LogP contribution in [0.4, 0.5) is 0 Å². The minimum absolute atomic E-state index is 0.0724. The Morgan fingerprint density at radius 3 is 2.71 bits per heavy atom. The molecule has 0 aliphatic carbocycles. The Hall–Kier alpha value is -0.140. The van der Waals surface area contributed by atoms with Crippen LogP contribution >= 0.6 is 22.6 Å². The van der Waals surface area contributed by atoms with Gasteiger partial charge < -0.3 is 5.73 Å². The van der Waals surface area contributed by atoms with Crippen molar-refractivity contribution < 1.29 is 8.42 Å². The van der Waals surface area contributed by atoms with Crippen molar-refractivity contribution in [3.8, 4) is 0 Å². The van der Waals surface area contributed by atoms with E-state index in [2.05, 4.69) is 22.6 Å². The molecule has 1 rings (SSSR count). The molecule has 1 atom stereocenters. The third-order valence-corrected chi connectivity index (χ3v) is 5.15. The molecule has 2 N–H and O–H groups in total. The van der Waals surface area contributed by atoms with Gasteiger partial charge in [-0.3, -0.25) is 0 Å². The van der Waals surface area contributed by atoms with Crippen molar-refractivity contribution in [3.05, 3.63) is 33.4 Å². The molecule has 0 amide bonds. The second kappa shape index (κ2) is 6.70. The number of sulfone groups is 1. The SMILES string of the molecule is CCS(=O)(=O)CCCC(N)c1cccc(I)c1. The number of hydrogen-bond donors (Lipinski definition) is 1. The van der Waals surface area contributed by atoms with E-state index in [-0.39, 0.29) is 17.5 Å². The predicted molar refractivity (Wildman–Crippen MR) is 79.6 cm³/mol. The van der Waals surface area contributed by atoms with E-state index in [1.54, 1.807) is 6.92 Å². The van der Waals surface area contributed by atoms with Crippen LogP contribution in [0.15, 0.2) is 24.3 Å². The Balaban J connectivity index is 2.48. The predicted octanol–water partition coefficient (Wildman–Crippen LogP) is 2.51. The van der Waals surface area contributed by atoms with Gasteiger partial charge in [0.15, 0.2) is 0 Å². The highest BCUT2D eigenvalue weighted by Crippen LogP contribution is 2.18. The summed E-state index contributed by atoms with van der Waals surface area (Å²) in [5.74, 6) is 0.451. The highest BCUT2D eigenvalue weighted by Gasteiger charge is 2.10. The summed E-state index contributed by atoms with van der Waals surface area (Å²) >= 11 is 2.24. The summed E-state index contributed by atoms with van der Waals surface area (Å²) in [5.41, 5.74) is 7.11. The maximum Gasteiger partial charge on any atom is 0.150 e. The Labute approximate surface area is 117 Å². The number of hydrogen-bond acceptors (Lipinski definition) is 3. The van der Waals surface area contributed by atoms with E-state index in [0.29, 0.717) is 12.8 Å². The molecule has 0 aliphatic heterocycles. The highest BCUT2D eigenvalue weighted by atomic mass is 127. The van der Waals surface area contributed by atoms with Gasteiger partial charge in [0.1, 0.15) is 9.84 Å². The molecule has 0 spiro atoms. The first-order valence-electron chi connectivity index (χ1n) is 5.66. The molecule has 0 aliphatic rings. The van der Waals surface area contributed by atoms with Gasteiger partial charge in [0.05, 0.1) is 5.75 Å². The lowest BCUT2D eigenvalue weighted by Gasteiger charge is -2.12. The van der Waals surface area contributed by atoms with Crippen LogP contribution in [-0.4, -0.2) is 19.9 Å². The van der Waals surface area contributed by atoms with Gasteiger partial charge in [-0.2, -0.15) is 0 Å². The average molecular weight is 367 g/mol. The van der Waals surface area contributed by atoms with E-state index in [0.717, 1.165) is 9.13 Å². The van der Waals surface area contributed by atoms with Gasteiger partial charge in [0, 0.05) is 15.4 Å². The Morgan fingerprint density at radius 1 is 1.41 bits per heavy atom. The first-order chi connectivity index (χ1) is 7.94. The topological polar surface area (TPSA) is 60.2 Å². The van der Waals surface area contributed by atoms with Crippen molar-refractivity contribution in [1.29, 1.82) is 0 Å². The molecule has 17 heavy (non-hydrogen) atoms. The van der Waals surface area contributed by atoms with Crippen molar-refractivity contribution >= 4 is 32.4 Å². The number of rotatable bonds is 6. The van der Waals surface area contributed by atoms with E-state index in [1.165, 1.54) is 0 Å². The fraction of sp³-hybridized carbons (Fsp3) is 0.500. The lowest BCUT2D eigenvalue weighted by atomic mass is 10.0. The van der Waals surface area contributed by atoms with Crippen LogP contribution in [0.25, 0.3) is 0 Å². The monoisotopic (exact) mass is 367 g/mol. The highest BCUT2D eigenvalue weighted by molar-refractivity contribution is 14.1. The summed E-state index contributed by atoms with van der Waals surface area (Å²) in [7, 11) is -2.86. The summed E-state index contributed by atoms with van der Waals surface area (Å²) in [6, 6.07) is 7.94. The molecule has 0 saturated carbocycles. The van der Waals surface area contributed by atoms with Crippen LogP contribution < -0.4 is 5.73 Å². The third kappa shape index (κ3) is 5.35. The van der Waals surface area contributed by atoms with Crippen molar-refractivity contribution in [2.75, 3.05) is 11.5 Å². The van der Waals surface area contributed by atoms with Crippen LogP contribution in [0.3, 0.4) is 0 Å². The fourth-order valence-electron chi connectivity index (χ4n) is 1.57. The molecule has 1 aromatic carbocycles. The van der Waals surface area contributed by atoms with Crippen molar-refractivity contribution in [1.82, 2.24) is 0 Å². The number of benzene rings is 1. The van der Waals surface area contributed by atoms with Crippen LogP contribution in [0, 0.1) is 3.57 Å². The zero-order valence-corrected chi connectivity index (χ0v) is 12.9. The van der Waals surface area contributed by atoms with E-state index in [1.807, 2.05) is 24.3 Å². The Kier molecular flexibility index (Phi) is 5.88. The maximum absolute atomic E-state index is 11.3. The van der Waals surface area contributed by atoms with E-state index in [4.69, 9.17) is 5.73 Å². The summed E-state index contributed by atoms with van der Waals surface area (Å²) in [6.45, 7) is 1.68. The summed E-state index contributed by atoms with van der Waals surface area (Å²) in [4.78, 5) is 0. The largest absolute Gasteiger partial charge is 0.324 e. The standard InChI is InChI=1S/C12H18INO2S/c1-2-17(15,16)8-4-7-12(14)10-5-3-6-11(13)9-10/h3,5-6,9,12H,2,4,7-8,14H2,1H3. The van der Waals surface area contributed by atoms with E-state index in [9.17, 15) is 8.42 Å².